The van der Waals surface area contributed by atoms with Crippen molar-refractivity contribution < 1.29 is 22.9 Å². The Labute approximate surface area is 173 Å². The monoisotopic (exact) mass is 435 g/mol. The molecular weight excluding hydrogens is 414 g/mol. The lowest BCUT2D eigenvalue weighted by atomic mass is 10.1. The molecule has 4 N–H and O–H groups in total. The molecule has 0 aliphatic heterocycles. The van der Waals surface area contributed by atoms with E-state index in [0.29, 0.717) is 16.8 Å². The highest BCUT2D eigenvalue weighted by Crippen LogP contribution is 2.17. The largest absolute Gasteiger partial charge is 0.355 e. The predicted molar refractivity (Wildman–Crippen MR) is 110 cm³/mol. The first kappa shape index (κ1) is 22.8. The molecular formula is C18H21N5O6S. The summed E-state index contributed by atoms with van der Waals surface area (Å²) in [6.45, 7) is 1.59. The Balaban J connectivity index is 1.87. The highest BCUT2D eigenvalue weighted by atomic mass is 32.2. The van der Waals surface area contributed by atoms with Crippen molar-refractivity contribution in [1.29, 1.82) is 0 Å². The molecule has 30 heavy (non-hydrogen) atoms. The van der Waals surface area contributed by atoms with E-state index >= 15 is 0 Å². The molecule has 0 unspecified atom stereocenters. The van der Waals surface area contributed by atoms with Gasteiger partial charge in [0.1, 0.15) is 0 Å². The molecule has 3 amide bonds. The SMILES string of the molecule is CNC(=O)c1ccc(NC(=O)NCCNS(=O)(=O)c2cccc([N+](=O)[O-])c2)c(C)c1. The van der Waals surface area contributed by atoms with Gasteiger partial charge >= 0.3 is 6.03 Å². The molecule has 2 aromatic carbocycles. The van der Waals surface area contributed by atoms with E-state index in [1.807, 2.05) is 0 Å². The number of sulfonamides is 1. The van der Waals surface area contributed by atoms with E-state index in [9.17, 15) is 28.1 Å². The number of nitrogens with zero attached hydrogens (tertiary/aromatic N) is 1. The van der Waals surface area contributed by atoms with Crippen LogP contribution in [0.5, 0.6) is 0 Å². The van der Waals surface area contributed by atoms with Crippen LogP contribution in [0.2, 0.25) is 0 Å². The Bertz CT molecular complexity index is 1070. The van der Waals surface area contributed by atoms with Crippen molar-refractivity contribution in [3.63, 3.8) is 0 Å². The molecule has 0 heterocycles. The second kappa shape index (κ2) is 9.80. The standard InChI is InChI=1S/C18H21N5O6S/c1-12-10-13(17(24)19-2)6-7-16(12)22-18(25)20-8-9-21-30(28,29)15-5-3-4-14(11-15)23(26)27/h3-7,10-11,21H,8-9H2,1-2H3,(H,19,24)(H2,20,22,25). The van der Waals surface area contributed by atoms with Crippen molar-refractivity contribution in [3.8, 4) is 0 Å². The molecule has 0 saturated heterocycles. The van der Waals surface area contributed by atoms with Crippen LogP contribution in [0.4, 0.5) is 16.2 Å². The summed E-state index contributed by atoms with van der Waals surface area (Å²) in [5, 5.41) is 18.4. The maximum atomic E-state index is 12.2. The second-order valence-corrected chi connectivity index (χ2v) is 7.91. The first-order valence-corrected chi connectivity index (χ1v) is 10.2. The van der Waals surface area contributed by atoms with E-state index < -0.39 is 21.0 Å². The number of hydrogen-bond acceptors (Lipinski definition) is 6. The summed E-state index contributed by atoms with van der Waals surface area (Å²) in [5.41, 5.74) is 1.29. The van der Waals surface area contributed by atoms with Crippen LogP contribution in [0, 0.1) is 17.0 Å². The molecule has 160 valence electrons. The van der Waals surface area contributed by atoms with Gasteiger partial charge < -0.3 is 16.0 Å². The van der Waals surface area contributed by atoms with E-state index in [2.05, 4.69) is 20.7 Å². The van der Waals surface area contributed by atoms with Crippen LogP contribution in [0.1, 0.15) is 15.9 Å². The number of rotatable bonds is 8. The number of nitrogens with one attached hydrogen (secondary N) is 4. The van der Waals surface area contributed by atoms with Gasteiger partial charge in [0.15, 0.2) is 0 Å². The normalized spacial score (nSPS) is 10.9. The third-order valence-corrected chi connectivity index (χ3v) is 5.46. The number of nitro groups is 1. The summed E-state index contributed by atoms with van der Waals surface area (Å²) in [5.74, 6) is -0.245. The number of carbonyl (C=O) groups is 2. The fourth-order valence-electron chi connectivity index (χ4n) is 2.46. The van der Waals surface area contributed by atoms with Gasteiger partial charge in [-0.1, -0.05) is 6.07 Å². The van der Waals surface area contributed by atoms with E-state index in [1.54, 1.807) is 25.1 Å². The molecule has 0 aromatic heterocycles. The Kier molecular flexibility index (Phi) is 7.44. The number of amides is 3. The molecule has 0 bridgehead atoms. The molecule has 0 spiro atoms. The van der Waals surface area contributed by atoms with Crippen molar-refractivity contribution in [1.82, 2.24) is 15.4 Å². The van der Waals surface area contributed by atoms with Gasteiger partial charge in [0.2, 0.25) is 10.0 Å². The highest BCUT2D eigenvalue weighted by Gasteiger charge is 2.17. The number of aryl methyl sites for hydroxylation is 1. The zero-order chi connectivity index (χ0) is 22.3. The van der Waals surface area contributed by atoms with Crippen molar-refractivity contribution in [2.75, 3.05) is 25.5 Å². The second-order valence-electron chi connectivity index (χ2n) is 6.14. The lowest BCUT2D eigenvalue weighted by Gasteiger charge is -2.11. The topological polar surface area (TPSA) is 160 Å². The quantitative estimate of drug-likeness (QED) is 0.278. The van der Waals surface area contributed by atoms with Crippen LogP contribution >= 0.6 is 0 Å². The van der Waals surface area contributed by atoms with E-state index in [-0.39, 0.29) is 29.6 Å². The number of benzene rings is 2. The molecule has 0 atom stereocenters. The molecule has 12 heteroatoms. The Morgan fingerprint density at radius 2 is 1.83 bits per heavy atom. The Morgan fingerprint density at radius 3 is 2.47 bits per heavy atom. The number of anilines is 1. The average Bonchev–Trinajstić information content (AvgIpc) is 2.72. The zero-order valence-corrected chi connectivity index (χ0v) is 17.1. The number of carbonyl (C=O) groups excluding carboxylic acids is 2. The van der Waals surface area contributed by atoms with Gasteiger partial charge in [0.05, 0.1) is 9.82 Å². The number of non-ortho nitro benzene ring substituents is 1. The summed E-state index contributed by atoms with van der Waals surface area (Å²) in [7, 11) is -2.44. The van der Waals surface area contributed by atoms with Crippen LogP contribution in [0.25, 0.3) is 0 Å². The zero-order valence-electron chi connectivity index (χ0n) is 16.3. The maximum Gasteiger partial charge on any atom is 0.319 e. The smallest absolute Gasteiger partial charge is 0.319 e. The minimum Gasteiger partial charge on any atom is -0.355 e. The van der Waals surface area contributed by atoms with Gasteiger partial charge in [-0.15, -0.1) is 0 Å². The van der Waals surface area contributed by atoms with E-state index in [1.165, 1.54) is 25.2 Å². The molecule has 11 nitrogen and oxygen atoms in total. The van der Waals surface area contributed by atoms with Gasteiger partial charge in [-0.25, -0.2) is 17.9 Å². The van der Waals surface area contributed by atoms with Crippen LogP contribution in [0.3, 0.4) is 0 Å². The molecule has 0 aliphatic rings. The molecule has 0 radical (unpaired) electrons. The summed E-state index contributed by atoms with van der Waals surface area (Å²) >= 11 is 0. The predicted octanol–water partition coefficient (Wildman–Crippen LogP) is 1.36. The summed E-state index contributed by atoms with van der Waals surface area (Å²) < 4.78 is 26.7. The van der Waals surface area contributed by atoms with Crippen molar-refractivity contribution in [2.45, 2.75) is 11.8 Å². The number of urea groups is 1. The van der Waals surface area contributed by atoms with Gasteiger partial charge in [0.25, 0.3) is 11.6 Å². The van der Waals surface area contributed by atoms with Gasteiger partial charge in [-0.05, 0) is 36.8 Å². The number of hydrogen-bond donors (Lipinski definition) is 4. The highest BCUT2D eigenvalue weighted by molar-refractivity contribution is 7.89. The Morgan fingerprint density at radius 1 is 1.10 bits per heavy atom. The third kappa shape index (κ3) is 5.99. The lowest BCUT2D eigenvalue weighted by molar-refractivity contribution is -0.385. The van der Waals surface area contributed by atoms with Crippen molar-refractivity contribution >= 4 is 33.3 Å². The summed E-state index contributed by atoms with van der Waals surface area (Å²) in [6, 6.07) is 8.87. The third-order valence-electron chi connectivity index (χ3n) is 4.01. The van der Waals surface area contributed by atoms with E-state index in [4.69, 9.17) is 0 Å². The fourth-order valence-corrected chi connectivity index (χ4v) is 3.54. The van der Waals surface area contributed by atoms with Gasteiger partial charge in [-0.2, -0.15) is 0 Å². The van der Waals surface area contributed by atoms with Crippen LogP contribution < -0.4 is 20.7 Å². The first-order valence-electron chi connectivity index (χ1n) is 8.76. The van der Waals surface area contributed by atoms with E-state index in [0.717, 1.165) is 6.07 Å². The minimum absolute atomic E-state index is 0.0185. The van der Waals surface area contributed by atoms with Crippen LogP contribution in [-0.4, -0.2) is 45.4 Å². The number of nitro benzene ring substituents is 1. The Hall–Kier alpha value is -3.51. The van der Waals surface area contributed by atoms with Crippen LogP contribution in [-0.2, 0) is 10.0 Å². The molecule has 2 aromatic rings. The molecule has 0 fully saturated rings. The average molecular weight is 435 g/mol. The molecule has 0 aliphatic carbocycles. The first-order chi connectivity index (χ1) is 14.1. The fraction of sp³-hybridized carbons (Fsp3) is 0.222. The van der Waals surface area contributed by atoms with Crippen molar-refractivity contribution in [2.24, 2.45) is 0 Å². The van der Waals surface area contributed by atoms with Crippen molar-refractivity contribution in [3.05, 3.63) is 63.7 Å². The van der Waals surface area contributed by atoms with Crippen LogP contribution in [0.15, 0.2) is 47.4 Å². The minimum atomic E-state index is -3.96. The maximum absolute atomic E-state index is 12.2. The van der Waals surface area contributed by atoms with Gasteiger partial charge in [-0.3, -0.25) is 14.9 Å². The lowest BCUT2D eigenvalue weighted by Crippen LogP contribution is -2.36. The van der Waals surface area contributed by atoms with Gasteiger partial charge in [0, 0.05) is 43.5 Å². The summed E-state index contributed by atoms with van der Waals surface area (Å²) in [6.07, 6.45) is 0. The molecule has 2 rings (SSSR count). The molecule has 0 saturated carbocycles. The summed E-state index contributed by atoms with van der Waals surface area (Å²) in [4.78, 5) is 33.5.